The quantitative estimate of drug-likeness (QED) is 0.943. The molecule has 1 atom stereocenters. The van der Waals surface area contributed by atoms with Crippen LogP contribution >= 0.6 is 22.9 Å². The lowest BCUT2D eigenvalue weighted by Gasteiger charge is -2.23. The minimum absolute atomic E-state index is 0.0405. The summed E-state index contributed by atoms with van der Waals surface area (Å²) in [5.41, 5.74) is 1.81. The molecule has 104 valence electrons. The summed E-state index contributed by atoms with van der Waals surface area (Å²) in [5, 5.41) is 5.62. The normalized spacial score (nSPS) is 17.6. The lowest BCUT2D eigenvalue weighted by atomic mass is 10.1. The fourth-order valence-corrected chi connectivity index (χ4v) is 3.32. The Morgan fingerprint density at radius 1 is 1.35 bits per heavy atom. The second-order valence-corrected chi connectivity index (χ2v) is 6.06. The first-order valence-corrected chi connectivity index (χ1v) is 7.71. The van der Waals surface area contributed by atoms with Crippen molar-refractivity contribution in [1.82, 2.24) is 5.32 Å². The molecule has 3 nitrogen and oxygen atoms in total. The van der Waals surface area contributed by atoms with Gasteiger partial charge in [-0.25, -0.2) is 0 Å². The van der Waals surface area contributed by atoms with Crippen LogP contribution in [-0.4, -0.2) is 19.1 Å². The van der Waals surface area contributed by atoms with Crippen molar-refractivity contribution >= 4 is 28.8 Å². The highest BCUT2D eigenvalue weighted by Crippen LogP contribution is 2.30. The number of ether oxygens (including phenoxy) is 1. The minimum atomic E-state index is -0.104. The van der Waals surface area contributed by atoms with E-state index in [1.54, 1.807) is 35.6 Å². The van der Waals surface area contributed by atoms with Crippen LogP contribution in [0.25, 0.3) is 0 Å². The van der Waals surface area contributed by atoms with E-state index < -0.39 is 0 Å². The summed E-state index contributed by atoms with van der Waals surface area (Å²) < 4.78 is 5.74. The van der Waals surface area contributed by atoms with Crippen molar-refractivity contribution in [1.29, 1.82) is 0 Å². The summed E-state index contributed by atoms with van der Waals surface area (Å²) >= 11 is 7.56. The van der Waals surface area contributed by atoms with E-state index in [0.717, 1.165) is 13.0 Å². The number of fused-ring (bicyclic) bond motifs is 1. The van der Waals surface area contributed by atoms with Crippen molar-refractivity contribution in [2.24, 2.45) is 0 Å². The van der Waals surface area contributed by atoms with E-state index in [9.17, 15) is 4.79 Å². The summed E-state index contributed by atoms with van der Waals surface area (Å²) in [6.07, 6.45) is 0.926. The third-order valence-electron chi connectivity index (χ3n) is 3.33. The Hall–Kier alpha value is -1.36. The molecule has 0 saturated carbocycles. The molecule has 1 amide bonds. The monoisotopic (exact) mass is 307 g/mol. The highest BCUT2D eigenvalue weighted by Gasteiger charge is 2.22. The molecule has 20 heavy (non-hydrogen) atoms. The predicted molar refractivity (Wildman–Crippen MR) is 80.5 cm³/mol. The summed E-state index contributed by atoms with van der Waals surface area (Å²) in [6, 6.07) is 8.94. The van der Waals surface area contributed by atoms with Crippen LogP contribution in [0.15, 0.2) is 35.7 Å². The molecule has 1 aromatic carbocycles. The van der Waals surface area contributed by atoms with Gasteiger partial charge in [0.25, 0.3) is 5.91 Å². The molecule has 0 radical (unpaired) electrons. The number of carbonyl (C=O) groups excluding carboxylic acids is 1. The van der Waals surface area contributed by atoms with Crippen LogP contribution in [-0.2, 0) is 11.2 Å². The van der Waals surface area contributed by atoms with Crippen LogP contribution < -0.4 is 5.32 Å². The molecule has 0 saturated heterocycles. The van der Waals surface area contributed by atoms with Gasteiger partial charge < -0.3 is 10.1 Å². The number of benzene rings is 1. The molecule has 0 bridgehead atoms. The first kappa shape index (κ1) is 13.6. The number of halogens is 1. The van der Waals surface area contributed by atoms with Gasteiger partial charge in [-0.15, -0.1) is 11.3 Å². The lowest BCUT2D eigenvalue weighted by Crippen LogP contribution is -2.31. The van der Waals surface area contributed by atoms with Gasteiger partial charge >= 0.3 is 0 Å². The number of hydrogen-bond donors (Lipinski definition) is 1. The zero-order valence-corrected chi connectivity index (χ0v) is 12.3. The number of rotatable bonds is 3. The Morgan fingerprint density at radius 2 is 2.15 bits per heavy atom. The van der Waals surface area contributed by atoms with Crippen molar-refractivity contribution in [2.75, 3.05) is 13.2 Å². The number of hydrogen-bond acceptors (Lipinski definition) is 3. The number of thiophene rings is 1. The van der Waals surface area contributed by atoms with E-state index >= 15 is 0 Å². The smallest absolute Gasteiger partial charge is 0.251 e. The third-order valence-corrected chi connectivity index (χ3v) is 4.58. The standard InChI is InChI=1S/C15H14ClNO2S/c16-11-3-1-10(2-4-11)15(18)17-9-13-12-6-8-20-14(12)5-7-19-13/h1-4,6,8,13H,5,7,9H2,(H,17,18)/t13-/m0/s1. The van der Waals surface area contributed by atoms with Gasteiger partial charge in [0.2, 0.25) is 0 Å². The minimum Gasteiger partial charge on any atom is -0.371 e. The van der Waals surface area contributed by atoms with Gasteiger partial charge in [-0.2, -0.15) is 0 Å². The number of carbonyl (C=O) groups is 1. The fourth-order valence-electron chi connectivity index (χ4n) is 2.28. The van der Waals surface area contributed by atoms with Gasteiger partial charge in [-0.1, -0.05) is 11.6 Å². The van der Waals surface area contributed by atoms with Crippen molar-refractivity contribution in [3.63, 3.8) is 0 Å². The van der Waals surface area contributed by atoms with Crippen LogP contribution in [0.4, 0.5) is 0 Å². The molecule has 3 rings (SSSR count). The molecule has 1 N–H and O–H groups in total. The molecule has 1 aromatic heterocycles. The largest absolute Gasteiger partial charge is 0.371 e. The first-order chi connectivity index (χ1) is 9.74. The molecule has 2 aromatic rings. The SMILES string of the molecule is O=C(NC[C@@H]1OCCc2sccc21)c1ccc(Cl)cc1. The van der Waals surface area contributed by atoms with Gasteiger partial charge in [0.15, 0.2) is 0 Å². The van der Waals surface area contributed by atoms with E-state index in [2.05, 4.69) is 16.8 Å². The van der Waals surface area contributed by atoms with E-state index in [1.807, 2.05) is 0 Å². The first-order valence-electron chi connectivity index (χ1n) is 6.45. The number of amides is 1. The molecule has 1 aliphatic rings. The highest BCUT2D eigenvalue weighted by molar-refractivity contribution is 7.10. The Kier molecular flexibility index (Phi) is 4.05. The average molecular weight is 308 g/mol. The van der Waals surface area contributed by atoms with Crippen molar-refractivity contribution in [3.05, 3.63) is 56.7 Å². The molecule has 0 fully saturated rings. The maximum Gasteiger partial charge on any atom is 0.251 e. The van der Waals surface area contributed by atoms with Crippen LogP contribution in [0.1, 0.15) is 26.9 Å². The van der Waals surface area contributed by atoms with Gasteiger partial charge in [0.1, 0.15) is 6.10 Å². The maximum atomic E-state index is 12.0. The summed E-state index contributed by atoms with van der Waals surface area (Å²) in [4.78, 5) is 13.4. The third kappa shape index (κ3) is 2.87. The second kappa shape index (κ2) is 5.95. The van der Waals surface area contributed by atoms with Gasteiger partial charge in [0.05, 0.1) is 6.61 Å². The molecular weight excluding hydrogens is 294 g/mol. The average Bonchev–Trinajstić information content (AvgIpc) is 2.94. The maximum absolute atomic E-state index is 12.0. The van der Waals surface area contributed by atoms with Crippen molar-refractivity contribution < 1.29 is 9.53 Å². The van der Waals surface area contributed by atoms with Crippen molar-refractivity contribution in [2.45, 2.75) is 12.5 Å². The summed E-state index contributed by atoms with van der Waals surface area (Å²) in [7, 11) is 0. The lowest BCUT2D eigenvalue weighted by molar-refractivity contribution is 0.0423. The summed E-state index contributed by atoms with van der Waals surface area (Å²) in [5.74, 6) is -0.104. The van der Waals surface area contributed by atoms with E-state index in [0.29, 0.717) is 17.1 Å². The molecular formula is C15H14ClNO2S. The zero-order valence-electron chi connectivity index (χ0n) is 10.8. The van der Waals surface area contributed by atoms with Crippen LogP contribution in [0.5, 0.6) is 0 Å². The Morgan fingerprint density at radius 3 is 2.95 bits per heavy atom. The molecule has 0 aliphatic carbocycles. The van der Waals surface area contributed by atoms with E-state index in [1.165, 1.54) is 10.4 Å². The Balaban J connectivity index is 1.63. The molecule has 5 heteroatoms. The van der Waals surface area contributed by atoms with Crippen LogP contribution in [0.3, 0.4) is 0 Å². The molecule has 0 unspecified atom stereocenters. The fraction of sp³-hybridized carbons (Fsp3) is 0.267. The zero-order chi connectivity index (χ0) is 13.9. The Labute approximate surface area is 126 Å². The topological polar surface area (TPSA) is 38.3 Å². The van der Waals surface area contributed by atoms with Crippen LogP contribution in [0.2, 0.25) is 5.02 Å². The van der Waals surface area contributed by atoms with Crippen LogP contribution in [0, 0.1) is 0 Å². The van der Waals surface area contributed by atoms with Gasteiger partial charge in [-0.3, -0.25) is 4.79 Å². The Bertz CT molecular complexity index is 609. The second-order valence-electron chi connectivity index (χ2n) is 4.63. The van der Waals surface area contributed by atoms with Gasteiger partial charge in [-0.05, 0) is 41.3 Å². The van der Waals surface area contributed by atoms with E-state index in [4.69, 9.17) is 16.3 Å². The number of nitrogens with one attached hydrogen (secondary N) is 1. The van der Waals surface area contributed by atoms with E-state index in [-0.39, 0.29) is 12.0 Å². The highest BCUT2D eigenvalue weighted by atomic mass is 35.5. The molecule has 2 heterocycles. The van der Waals surface area contributed by atoms with Crippen molar-refractivity contribution in [3.8, 4) is 0 Å². The van der Waals surface area contributed by atoms with Gasteiger partial charge in [0, 0.05) is 28.4 Å². The molecule has 0 spiro atoms. The summed E-state index contributed by atoms with van der Waals surface area (Å²) in [6.45, 7) is 1.21. The predicted octanol–water partition coefficient (Wildman–Crippen LogP) is 3.45. The molecule has 1 aliphatic heterocycles.